The molecule has 0 unspecified atom stereocenters. The Bertz CT molecular complexity index is 705. The maximum atomic E-state index is 9.95. The molecule has 0 aromatic heterocycles. The van der Waals surface area contributed by atoms with Crippen LogP contribution in [0, 0.1) is 6.92 Å². The lowest BCUT2D eigenvalue weighted by Gasteiger charge is -2.23. The summed E-state index contributed by atoms with van der Waals surface area (Å²) in [5, 5.41) is 10.4. The van der Waals surface area contributed by atoms with Gasteiger partial charge in [-0.3, -0.25) is 0 Å². The van der Waals surface area contributed by atoms with Crippen molar-refractivity contribution in [2.75, 3.05) is 0 Å². The predicted molar refractivity (Wildman–Crippen MR) is 109 cm³/mol. The number of phenols is 1. The van der Waals surface area contributed by atoms with Crippen LogP contribution in [-0.4, -0.2) is 5.11 Å². The third kappa shape index (κ3) is 4.39. The van der Waals surface area contributed by atoms with E-state index in [0.717, 1.165) is 17.5 Å². The third-order valence-electron chi connectivity index (χ3n) is 4.95. The first-order valence-corrected chi connectivity index (χ1v) is 9.64. The number of hydrogen-bond donors (Lipinski definition) is 1. The Morgan fingerprint density at radius 3 is 1.76 bits per heavy atom. The Kier molecular flexibility index (Phi) is 6.21. The fourth-order valence-electron chi connectivity index (χ4n) is 3.42. The molecule has 136 valence electrons. The maximum absolute atomic E-state index is 9.95. The first-order valence-electron chi connectivity index (χ1n) is 9.26. The summed E-state index contributed by atoms with van der Waals surface area (Å²) in [6.07, 6.45) is 0.847. The summed E-state index contributed by atoms with van der Waals surface area (Å²) in [6, 6.07) is 8.71. The lowest BCUT2D eigenvalue weighted by atomic mass is 9.82. The van der Waals surface area contributed by atoms with Gasteiger partial charge in [-0.05, 0) is 70.5 Å². The molecule has 0 saturated heterocycles. The second-order valence-electron chi connectivity index (χ2n) is 8.06. The highest BCUT2D eigenvalue weighted by Gasteiger charge is 2.18. The average molecular weight is 359 g/mol. The number of aromatic hydroxyl groups is 1. The molecule has 0 aliphatic heterocycles. The molecule has 0 atom stereocenters. The van der Waals surface area contributed by atoms with Gasteiger partial charge in [0.25, 0.3) is 0 Å². The molecule has 2 heteroatoms. The summed E-state index contributed by atoms with van der Waals surface area (Å²) >= 11 is 6.21. The SMILES string of the molecule is Cc1cc(Cc2c(C(C)C)cc(C(C)C)cc2C(C)C)cc(Cl)c1O. The van der Waals surface area contributed by atoms with Crippen molar-refractivity contribution in [1.29, 1.82) is 0 Å². The normalized spacial score (nSPS) is 11.8. The standard InChI is InChI=1S/C23H31ClO/c1-13(2)18-11-19(14(3)4)21(20(12-18)15(5)6)9-17-8-16(7)23(25)22(24)10-17/h8,10-15,25H,9H2,1-7H3. The van der Waals surface area contributed by atoms with Gasteiger partial charge >= 0.3 is 0 Å². The van der Waals surface area contributed by atoms with Crippen LogP contribution in [0.1, 0.15) is 92.7 Å². The van der Waals surface area contributed by atoms with Gasteiger partial charge in [-0.25, -0.2) is 0 Å². The molecule has 2 aromatic carbocycles. The van der Waals surface area contributed by atoms with Gasteiger partial charge in [0, 0.05) is 0 Å². The highest BCUT2D eigenvalue weighted by Crippen LogP contribution is 2.35. The molecular formula is C23H31ClO. The molecule has 0 aliphatic carbocycles. The smallest absolute Gasteiger partial charge is 0.137 e. The van der Waals surface area contributed by atoms with Gasteiger partial charge in [-0.1, -0.05) is 71.3 Å². The Hall–Kier alpha value is -1.47. The Morgan fingerprint density at radius 1 is 0.840 bits per heavy atom. The minimum Gasteiger partial charge on any atom is -0.506 e. The molecule has 0 radical (unpaired) electrons. The van der Waals surface area contributed by atoms with Crippen LogP contribution in [0.2, 0.25) is 5.02 Å². The van der Waals surface area contributed by atoms with Crippen molar-refractivity contribution < 1.29 is 5.11 Å². The Balaban J connectivity index is 2.62. The summed E-state index contributed by atoms with van der Waals surface area (Å²) in [6.45, 7) is 15.5. The van der Waals surface area contributed by atoms with E-state index in [2.05, 4.69) is 53.7 Å². The van der Waals surface area contributed by atoms with E-state index in [1.54, 1.807) is 0 Å². The van der Waals surface area contributed by atoms with E-state index in [4.69, 9.17) is 11.6 Å². The lowest BCUT2D eigenvalue weighted by molar-refractivity contribution is 0.471. The van der Waals surface area contributed by atoms with E-state index in [-0.39, 0.29) is 5.75 Å². The van der Waals surface area contributed by atoms with Crippen LogP contribution >= 0.6 is 11.6 Å². The maximum Gasteiger partial charge on any atom is 0.137 e. The van der Waals surface area contributed by atoms with Gasteiger partial charge in [-0.2, -0.15) is 0 Å². The van der Waals surface area contributed by atoms with Gasteiger partial charge in [0.1, 0.15) is 5.75 Å². The Labute approximate surface area is 158 Å². The summed E-state index contributed by atoms with van der Waals surface area (Å²) in [4.78, 5) is 0. The molecule has 25 heavy (non-hydrogen) atoms. The van der Waals surface area contributed by atoms with Gasteiger partial charge in [0.2, 0.25) is 0 Å². The number of phenolic OH excluding ortho intramolecular Hbond substituents is 1. The fraction of sp³-hybridized carbons (Fsp3) is 0.478. The summed E-state index contributed by atoms with van der Waals surface area (Å²) in [5.41, 5.74) is 7.67. The van der Waals surface area contributed by atoms with Crippen molar-refractivity contribution in [3.63, 3.8) is 0 Å². The highest BCUT2D eigenvalue weighted by molar-refractivity contribution is 6.32. The first kappa shape index (κ1) is 19.8. The molecule has 0 aliphatic rings. The van der Waals surface area contributed by atoms with Crippen LogP contribution in [0.3, 0.4) is 0 Å². The van der Waals surface area contributed by atoms with Gasteiger partial charge in [0.15, 0.2) is 0 Å². The molecule has 1 nitrogen and oxygen atoms in total. The third-order valence-corrected chi connectivity index (χ3v) is 5.23. The largest absolute Gasteiger partial charge is 0.506 e. The van der Waals surface area contributed by atoms with Gasteiger partial charge in [0.05, 0.1) is 5.02 Å². The highest BCUT2D eigenvalue weighted by atomic mass is 35.5. The van der Waals surface area contributed by atoms with Crippen molar-refractivity contribution in [3.8, 4) is 5.75 Å². The van der Waals surface area contributed by atoms with Gasteiger partial charge < -0.3 is 5.11 Å². The molecule has 0 heterocycles. The van der Waals surface area contributed by atoms with E-state index in [9.17, 15) is 5.11 Å². The second-order valence-corrected chi connectivity index (χ2v) is 8.47. The predicted octanol–water partition coefficient (Wildman–Crippen LogP) is 7.32. The summed E-state index contributed by atoms with van der Waals surface area (Å²) < 4.78 is 0. The zero-order valence-corrected chi connectivity index (χ0v) is 17.3. The first-order chi connectivity index (χ1) is 11.6. The minimum absolute atomic E-state index is 0.189. The van der Waals surface area contributed by atoms with Crippen LogP contribution < -0.4 is 0 Å². The molecule has 0 saturated carbocycles. The second kappa shape index (κ2) is 7.83. The van der Waals surface area contributed by atoms with E-state index in [0.29, 0.717) is 22.8 Å². The minimum atomic E-state index is 0.189. The van der Waals surface area contributed by atoms with E-state index >= 15 is 0 Å². The lowest BCUT2D eigenvalue weighted by Crippen LogP contribution is -2.07. The monoisotopic (exact) mass is 358 g/mol. The van der Waals surface area contributed by atoms with Crippen LogP contribution in [0.15, 0.2) is 24.3 Å². The zero-order valence-electron chi connectivity index (χ0n) is 16.6. The van der Waals surface area contributed by atoms with E-state index in [1.807, 2.05) is 19.1 Å². The van der Waals surface area contributed by atoms with Crippen LogP contribution in [0.4, 0.5) is 0 Å². The quantitative estimate of drug-likeness (QED) is 0.593. The molecule has 0 spiro atoms. The fourth-order valence-corrected chi connectivity index (χ4v) is 3.71. The van der Waals surface area contributed by atoms with Crippen LogP contribution in [0.25, 0.3) is 0 Å². The van der Waals surface area contributed by atoms with Crippen LogP contribution in [-0.2, 0) is 6.42 Å². The van der Waals surface area contributed by atoms with E-state index in [1.165, 1.54) is 22.3 Å². The summed E-state index contributed by atoms with van der Waals surface area (Å²) in [7, 11) is 0. The molecule has 2 rings (SSSR count). The zero-order chi connectivity index (χ0) is 18.9. The molecule has 0 bridgehead atoms. The molecule has 0 fully saturated rings. The van der Waals surface area contributed by atoms with E-state index < -0.39 is 0 Å². The van der Waals surface area contributed by atoms with Crippen LogP contribution in [0.5, 0.6) is 5.75 Å². The molecular weight excluding hydrogens is 328 g/mol. The number of hydrogen-bond acceptors (Lipinski definition) is 1. The number of rotatable bonds is 5. The van der Waals surface area contributed by atoms with Crippen molar-refractivity contribution in [1.82, 2.24) is 0 Å². The average Bonchev–Trinajstić information content (AvgIpc) is 2.51. The summed E-state index contributed by atoms with van der Waals surface area (Å²) in [5.74, 6) is 1.66. The number of aryl methyl sites for hydroxylation is 1. The van der Waals surface area contributed by atoms with Crippen molar-refractivity contribution in [3.05, 3.63) is 62.7 Å². The van der Waals surface area contributed by atoms with Crippen molar-refractivity contribution in [2.24, 2.45) is 0 Å². The Morgan fingerprint density at radius 2 is 1.36 bits per heavy atom. The number of benzene rings is 2. The van der Waals surface area contributed by atoms with Crippen molar-refractivity contribution >= 4 is 11.6 Å². The van der Waals surface area contributed by atoms with Gasteiger partial charge in [-0.15, -0.1) is 0 Å². The molecule has 0 amide bonds. The van der Waals surface area contributed by atoms with Crippen molar-refractivity contribution in [2.45, 2.75) is 72.6 Å². The number of halogens is 1. The molecule has 1 N–H and O–H groups in total. The molecule has 2 aromatic rings. The topological polar surface area (TPSA) is 20.2 Å².